The van der Waals surface area contributed by atoms with Crippen LogP contribution in [-0.4, -0.2) is 50.3 Å². The van der Waals surface area contributed by atoms with Crippen molar-refractivity contribution < 1.29 is 14.3 Å². The van der Waals surface area contributed by atoms with E-state index < -0.39 is 0 Å². The highest BCUT2D eigenvalue weighted by Gasteiger charge is 2.20. The third-order valence-electron chi connectivity index (χ3n) is 4.93. The van der Waals surface area contributed by atoms with Gasteiger partial charge < -0.3 is 14.8 Å². The van der Waals surface area contributed by atoms with Crippen LogP contribution in [0.2, 0.25) is 0 Å². The molecule has 2 aromatic rings. The smallest absolute Gasteiger partial charge is 0.251 e. The van der Waals surface area contributed by atoms with Gasteiger partial charge in [-0.15, -0.1) is 0 Å². The number of hydrogen-bond donors (Lipinski definition) is 1. The molecule has 5 nitrogen and oxygen atoms in total. The van der Waals surface area contributed by atoms with E-state index in [1.54, 1.807) is 0 Å². The number of morpholine rings is 1. The van der Waals surface area contributed by atoms with Gasteiger partial charge in [0.15, 0.2) is 0 Å². The fourth-order valence-corrected chi connectivity index (χ4v) is 3.24. The van der Waals surface area contributed by atoms with E-state index in [9.17, 15) is 4.79 Å². The summed E-state index contributed by atoms with van der Waals surface area (Å²) >= 11 is 0. The Morgan fingerprint density at radius 3 is 2.50 bits per heavy atom. The normalized spacial score (nSPS) is 15.8. The van der Waals surface area contributed by atoms with Gasteiger partial charge in [0.25, 0.3) is 5.91 Å². The molecule has 150 valence electrons. The molecule has 0 bridgehead atoms. The Kier molecular flexibility index (Phi) is 7.88. The van der Waals surface area contributed by atoms with Gasteiger partial charge >= 0.3 is 0 Å². The van der Waals surface area contributed by atoms with Crippen LogP contribution in [0.1, 0.15) is 41.7 Å². The second-order valence-electron chi connectivity index (χ2n) is 7.08. The third-order valence-corrected chi connectivity index (χ3v) is 4.93. The van der Waals surface area contributed by atoms with Gasteiger partial charge in [-0.1, -0.05) is 43.7 Å². The van der Waals surface area contributed by atoms with Crippen LogP contribution in [0.4, 0.5) is 0 Å². The van der Waals surface area contributed by atoms with Gasteiger partial charge in [-0.25, -0.2) is 0 Å². The zero-order chi connectivity index (χ0) is 19.6. The van der Waals surface area contributed by atoms with Gasteiger partial charge in [0.1, 0.15) is 5.75 Å². The van der Waals surface area contributed by atoms with Crippen molar-refractivity contribution in [3.8, 4) is 5.75 Å². The Morgan fingerprint density at radius 1 is 1.11 bits per heavy atom. The van der Waals surface area contributed by atoms with Crippen molar-refractivity contribution in [3.05, 3.63) is 65.7 Å². The highest BCUT2D eigenvalue weighted by Crippen LogP contribution is 2.18. The molecule has 0 aliphatic carbocycles. The largest absolute Gasteiger partial charge is 0.494 e. The summed E-state index contributed by atoms with van der Waals surface area (Å²) in [7, 11) is 0. The summed E-state index contributed by atoms with van der Waals surface area (Å²) in [4.78, 5) is 15.2. The SMILES string of the molecule is CCCCOc1ccc(C(=O)NC(CN2CCOCC2)c2ccccc2)cc1. The van der Waals surface area contributed by atoms with Crippen molar-refractivity contribution in [1.29, 1.82) is 0 Å². The molecule has 28 heavy (non-hydrogen) atoms. The molecule has 1 N–H and O–H groups in total. The van der Waals surface area contributed by atoms with E-state index in [0.29, 0.717) is 12.2 Å². The maximum atomic E-state index is 12.8. The van der Waals surface area contributed by atoms with Crippen molar-refractivity contribution in [1.82, 2.24) is 10.2 Å². The van der Waals surface area contributed by atoms with Crippen LogP contribution < -0.4 is 10.1 Å². The number of benzene rings is 2. The number of amides is 1. The first kappa shape index (κ1) is 20.4. The topological polar surface area (TPSA) is 50.8 Å². The standard InChI is InChI=1S/C23H30N2O3/c1-2-3-15-28-21-11-9-20(10-12-21)23(26)24-22(19-7-5-4-6-8-19)18-25-13-16-27-17-14-25/h4-12,22H,2-3,13-18H2,1H3,(H,24,26). The lowest BCUT2D eigenvalue weighted by atomic mass is 10.1. The minimum absolute atomic E-state index is 0.0627. The van der Waals surface area contributed by atoms with Crippen LogP contribution in [0.25, 0.3) is 0 Å². The predicted octanol–water partition coefficient (Wildman–Crippen LogP) is 3.67. The van der Waals surface area contributed by atoms with Gasteiger partial charge in [0.05, 0.1) is 25.9 Å². The molecule has 0 saturated carbocycles. The minimum atomic E-state index is -0.0674. The van der Waals surface area contributed by atoms with E-state index in [2.05, 4.69) is 29.3 Å². The molecular formula is C23H30N2O3. The summed E-state index contributed by atoms with van der Waals surface area (Å²) in [6, 6.07) is 17.5. The molecule has 1 aliphatic rings. The Hall–Kier alpha value is -2.37. The highest BCUT2D eigenvalue weighted by molar-refractivity contribution is 5.94. The van der Waals surface area contributed by atoms with E-state index in [1.807, 2.05) is 42.5 Å². The van der Waals surface area contributed by atoms with Crippen molar-refractivity contribution in [2.45, 2.75) is 25.8 Å². The maximum absolute atomic E-state index is 12.8. The van der Waals surface area contributed by atoms with E-state index in [1.165, 1.54) is 0 Å². The molecule has 3 rings (SSSR count). The first-order chi connectivity index (χ1) is 13.8. The molecule has 1 fully saturated rings. The number of hydrogen-bond acceptors (Lipinski definition) is 4. The van der Waals surface area contributed by atoms with Crippen molar-refractivity contribution in [3.63, 3.8) is 0 Å². The average molecular weight is 383 g/mol. The van der Waals surface area contributed by atoms with Gasteiger partial charge in [-0.3, -0.25) is 9.69 Å². The quantitative estimate of drug-likeness (QED) is 0.673. The van der Waals surface area contributed by atoms with Crippen LogP contribution in [0.5, 0.6) is 5.75 Å². The minimum Gasteiger partial charge on any atom is -0.494 e. The Bertz CT molecular complexity index is 712. The summed E-state index contributed by atoms with van der Waals surface area (Å²) in [5.41, 5.74) is 1.76. The van der Waals surface area contributed by atoms with Crippen LogP contribution in [-0.2, 0) is 4.74 Å². The Balaban J connectivity index is 1.64. The third kappa shape index (κ3) is 6.08. The zero-order valence-electron chi connectivity index (χ0n) is 16.6. The van der Waals surface area contributed by atoms with Crippen LogP contribution in [0.15, 0.2) is 54.6 Å². The molecule has 1 atom stereocenters. The maximum Gasteiger partial charge on any atom is 0.251 e. The number of rotatable bonds is 9. The number of carbonyl (C=O) groups excluding carboxylic acids is 1. The molecule has 1 unspecified atom stereocenters. The molecule has 1 saturated heterocycles. The summed E-state index contributed by atoms with van der Waals surface area (Å²) in [6.07, 6.45) is 2.13. The number of ether oxygens (including phenoxy) is 2. The van der Waals surface area contributed by atoms with Crippen molar-refractivity contribution >= 4 is 5.91 Å². The fourth-order valence-electron chi connectivity index (χ4n) is 3.24. The lowest BCUT2D eigenvalue weighted by molar-refractivity contribution is 0.0332. The fraction of sp³-hybridized carbons (Fsp3) is 0.435. The predicted molar refractivity (Wildman–Crippen MR) is 111 cm³/mol. The lowest BCUT2D eigenvalue weighted by Gasteiger charge is -2.31. The van der Waals surface area contributed by atoms with Gasteiger partial charge in [-0.2, -0.15) is 0 Å². The zero-order valence-corrected chi connectivity index (χ0v) is 16.6. The molecule has 1 aliphatic heterocycles. The van der Waals surface area contributed by atoms with Crippen LogP contribution in [0, 0.1) is 0 Å². The van der Waals surface area contributed by atoms with Crippen LogP contribution in [0.3, 0.4) is 0 Å². The molecular weight excluding hydrogens is 352 g/mol. The van der Waals surface area contributed by atoms with Crippen molar-refractivity contribution in [2.75, 3.05) is 39.5 Å². The van der Waals surface area contributed by atoms with Gasteiger partial charge in [0, 0.05) is 25.2 Å². The number of nitrogens with zero attached hydrogens (tertiary/aromatic N) is 1. The molecule has 1 amide bonds. The van der Waals surface area contributed by atoms with E-state index in [4.69, 9.17) is 9.47 Å². The molecule has 0 radical (unpaired) electrons. The second kappa shape index (κ2) is 10.8. The Labute approximate surface area is 167 Å². The van der Waals surface area contributed by atoms with Gasteiger partial charge in [0.2, 0.25) is 0 Å². The highest BCUT2D eigenvalue weighted by atomic mass is 16.5. The van der Waals surface area contributed by atoms with E-state index in [0.717, 1.165) is 57.0 Å². The monoisotopic (exact) mass is 382 g/mol. The lowest BCUT2D eigenvalue weighted by Crippen LogP contribution is -2.43. The first-order valence-electron chi connectivity index (χ1n) is 10.1. The molecule has 0 spiro atoms. The van der Waals surface area contributed by atoms with Crippen LogP contribution >= 0.6 is 0 Å². The second-order valence-corrected chi connectivity index (χ2v) is 7.08. The first-order valence-corrected chi connectivity index (χ1v) is 10.1. The summed E-state index contributed by atoms with van der Waals surface area (Å²) < 4.78 is 11.1. The number of carbonyl (C=O) groups is 1. The molecule has 2 aromatic carbocycles. The van der Waals surface area contributed by atoms with Gasteiger partial charge in [-0.05, 0) is 36.2 Å². The number of unbranched alkanes of at least 4 members (excludes halogenated alkanes) is 1. The summed E-state index contributed by atoms with van der Waals surface area (Å²) in [5.74, 6) is 0.736. The van der Waals surface area contributed by atoms with E-state index in [-0.39, 0.29) is 11.9 Å². The molecule has 0 aromatic heterocycles. The molecule has 1 heterocycles. The molecule has 5 heteroatoms. The van der Waals surface area contributed by atoms with Crippen molar-refractivity contribution in [2.24, 2.45) is 0 Å². The Morgan fingerprint density at radius 2 is 1.82 bits per heavy atom. The number of nitrogens with one attached hydrogen (secondary N) is 1. The average Bonchev–Trinajstić information content (AvgIpc) is 2.75. The summed E-state index contributed by atoms with van der Waals surface area (Å²) in [5, 5.41) is 3.21. The summed E-state index contributed by atoms with van der Waals surface area (Å²) in [6.45, 7) is 6.89. The van der Waals surface area contributed by atoms with E-state index >= 15 is 0 Å².